The van der Waals surface area contributed by atoms with Crippen molar-refractivity contribution in [2.75, 3.05) is 0 Å². The van der Waals surface area contributed by atoms with E-state index in [4.69, 9.17) is 0 Å². The molecule has 1 rings (SSSR count). The quantitative estimate of drug-likeness (QED) is 0.704. The van der Waals surface area contributed by atoms with Crippen LogP contribution in [0.25, 0.3) is 0 Å². The molecule has 0 aliphatic heterocycles. The maximum absolute atomic E-state index is 3.41. The monoisotopic (exact) mass is 211 g/mol. The van der Waals surface area contributed by atoms with Crippen molar-refractivity contribution in [1.82, 2.24) is 0 Å². The molecule has 1 heteroatoms. The van der Waals surface area contributed by atoms with Crippen LogP contribution in [0.5, 0.6) is 0 Å². The molecule has 1 aromatic carbocycles. The second kappa shape index (κ2) is 3.91. The molecule has 1 aromatic rings. The first-order chi connectivity index (χ1) is 5.27. The molecule has 0 saturated carbocycles. The first kappa shape index (κ1) is 8.79. The summed E-state index contributed by atoms with van der Waals surface area (Å²) in [5.74, 6) is 0. The second-order valence-corrected chi connectivity index (χ2v) is 3.37. The predicted molar refractivity (Wildman–Crippen MR) is 51.7 cm³/mol. The number of hydrogen-bond acceptors (Lipinski definition) is 0. The normalized spacial score (nSPS) is 10.1. The van der Waals surface area contributed by atoms with Gasteiger partial charge in [-0.15, -0.1) is 0 Å². The fourth-order valence-electron chi connectivity index (χ4n) is 1.19. The Hall–Kier alpha value is -0.300. The largest absolute Gasteiger partial charge is 0.0613 e. The van der Waals surface area contributed by atoms with Crippen LogP contribution >= 0.6 is 15.9 Å². The van der Waals surface area contributed by atoms with E-state index < -0.39 is 0 Å². The van der Waals surface area contributed by atoms with Gasteiger partial charge < -0.3 is 0 Å². The van der Waals surface area contributed by atoms with E-state index in [9.17, 15) is 0 Å². The highest BCUT2D eigenvalue weighted by molar-refractivity contribution is 9.10. The van der Waals surface area contributed by atoms with Gasteiger partial charge in [-0.2, -0.15) is 0 Å². The average molecular weight is 212 g/mol. The van der Waals surface area contributed by atoms with E-state index in [2.05, 4.69) is 48.0 Å². The third-order valence-corrected chi connectivity index (χ3v) is 2.29. The Kier molecular flexibility index (Phi) is 3.13. The average Bonchev–Trinajstić information content (AvgIpc) is 2.04. The lowest BCUT2D eigenvalue weighted by Gasteiger charge is -2.04. The maximum atomic E-state index is 3.41. The van der Waals surface area contributed by atoms with E-state index in [1.54, 1.807) is 0 Å². The molecule has 0 heterocycles. The molecule has 0 atom stereocenters. The molecule has 0 fully saturated rings. The SMILES string of the molecule is CCc1[c]c(Br)ccc1CC. The first-order valence-corrected chi connectivity index (χ1v) is 4.76. The number of aryl methyl sites for hydroxylation is 2. The molecule has 0 unspecified atom stereocenters. The summed E-state index contributed by atoms with van der Waals surface area (Å²) in [5.41, 5.74) is 2.75. The van der Waals surface area contributed by atoms with Crippen LogP contribution in [0.2, 0.25) is 0 Å². The van der Waals surface area contributed by atoms with E-state index >= 15 is 0 Å². The van der Waals surface area contributed by atoms with E-state index in [1.807, 2.05) is 0 Å². The van der Waals surface area contributed by atoms with Crippen molar-refractivity contribution < 1.29 is 0 Å². The summed E-state index contributed by atoms with van der Waals surface area (Å²) in [6.07, 6.45) is 2.18. The van der Waals surface area contributed by atoms with Gasteiger partial charge in [0.15, 0.2) is 0 Å². The van der Waals surface area contributed by atoms with Crippen LogP contribution in [0.15, 0.2) is 16.6 Å². The molecule has 0 aliphatic rings. The van der Waals surface area contributed by atoms with Crippen LogP contribution in [0, 0.1) is 6.07 Å². The van der Waals surface area contributed by atoms with Gasteiger partial charge in [-0.25, -0.2) is 0 Å². The number of benzene rings is 1. The van der Waals surface area contributed by atoms with Gasteiger partial charge in [-0.05, 0) is 30.0 Å². The first-order valence-electron chi connectivity index (χ1n) is 3.97. The maximum Gasteiger partial charge on any atom is 0.0257 e. The Morgan fingerprint density at radius 1 is 1.27 bits per heavy atom. The fraction of sp³-hybridized carbons (Fsp3) is 0.400. The van der Waals surface area contributed by atoms with Crippen LogP contribution < -0.4 is 0 Å². The summed E-state index contributed by atoms with van der Waals surface area (Å²) in [4.78, 5) is 0. The van der Waals surface area contributed by atoms with E-state index in [-0.39, 0.29) is 0 Å². The Morgan fingerprint density at radius 3 is 2.55 bits per heavy atom. The minimum atomic E-state index is 1.06. The lowest BCUT2D eigenvalue weighted by atomic mass is 10.0. The summed E-state index contributed by atoms with van der Waals surface area (Å²) in [7, 11) is 0. The Bertz CT molecular complexity index is 241. The standard InChI is InChI=1S/C10H12Br/c1-3-8-5-6-10(11)7-9(8)4-2/h5-6H,3-4H2,1-2H3. The van der Waals surface area contributed by atoms with Crippen molar-refractivity contribution in [2.45, 2.75) is 26.7 Å². The Labute approximate surface area is 76.8 Å². The van der Waals surface area contributed by atoms with Crippen molar-refractivity contribution in [3.63, 3.8) is 0 Å². The zero-order chi connectivity index (χ0) is 8.27. The third-order valence-electron chi connectivity index (χ3n) is 1.82. The molecule has 0 nitrogen and oxygen atoms in total. The van der Waals surface area contributed by atoms with Crippen LogP contribution in [0.4, 0.5) is 0 Å². The van der Waals surface area contributed by atoms with Gasteiger partial charge in [0.1, 0.15) is 0 Å². The topological polar surface area (TPSA) is 0 Å². The van der Waals surface area contributed by atoms with Crippen molar-refractivity contribution in [3.8, 4) is 0 Å². The molecule has 0 spiro atoms. The number of hydrogen-bond donors (Lipinski definition) is 0. The zero-order valence-electron chi connectivity index (χ0n) is 6.95. The Morgan fingerprint density at radius 2 is 2.00 bits per heavy atom. The summed E-state index contributed by atoms with van der Waals surface area (Å²) < 4.78 is 1.06. The molecule has 0 amide bonds. The molecule has 0 N–H and O–H groups in total. The van der Waals surface area contributed by atoms with Gasteiger partial charge in [0, 0.05) is 10.5 Å². The van der Waals surface area contributed by atoms with Gasteiger partial charge in [0.05, 0.1) is 0 Å². The minimum absolute atomic E-state index is 1.06. The fourth-order valence-corrected chi connectivity index (χ4v) is 1.56. The van der Waals surface area contributed by atoms with Gasteiger partial charge in [-0.1, -0.05) is 35.8 Å². The van der Waals surface area contributed by atoms with Crippen LogP contribution in [0.3, 0.4) is 0 Å². The molecular formula is C10H12Br. The Balaban J connectivity index is 3.06. The molecule has 0 saturated heterocycles. The van der Waals surface area contributed by atoms with E-state index in [0.29, 0.717) is 0 Å². The van der Waals surface area contributed by atoms with E-state index in [1.165, 1.54) is 11.1 Å². The summed E-state index contributed by atoms with van der Waals surface area (Å²) in [6, 6.07) is 7.51. The van der Waals surface area contributed by atoms with Crippen LogP contribution in [-0.2, 0) is 12.8 Å². The third kappa shape index (κ3) is 2.06. The number of halogens is 1. The summed E-state index contributed by atoms with van der Waals surface area (Å²) >= 11 is 3.41. The predicted octanol–water partition coefficient (Wildman–Crippen LogP) is 3.37. The van der Waals surface area contributed by atoms with Gasteiger partial charge in [0.2, 0.25) is 0 Å². The van der Waals surface area contributed by atoms with Crippen molar-refractivity contribution in [3.05, 3.63) is 33.8 Å². The molecule has 0 aliphatic carbocycles. The van der Waals surface area contributed by atoms with Gasteiger partial charge >= 0.3 is 0 Å². The van der Waals surface area contributed by atoms with Gasteiger partial charge in [-0.3, -0.25) is 0 Å². The lowest BCUT2D eigenvalue weighted by molar-refractivity contribution is 1.03. The van der Waals surface area contributed by atoms with Crippen molar-refractivity contribution >= 4 is 15.9 Å². The van der Waals surface area contributed by atoms with Crippen LogP contribution in [0.1, 0.15) is 25.0 Å². The van der Waals surface area contributed by atoms with Gasteiger partial charge in [0.25, 0.3) is 0 Å². The molecule has 59 valence electrons. The highest BCUT2D eigenvalue weighted by Gasteiger charge is 1.98. The molecule has 11 heavy (non-hydrogen) atoms. The molecular weight excluding hydrogens is 200 g/mol. The number of rotatable bonds is 2. The minimum Gasteiger partial charge on any atom is -0.0613 e. The van der Waals surface area contributed by atoms with Crippen LogP contribution in [-0.4, -0.2) is 0 Å². The lowest BCUT2D eigenvalue weighted by Crippen LogP contribution is -1.90. The van der Waals surface area contributed by atoms with E-state index in [0.717, 1.165) is 17.3 Å². The summed E-state index contributed by atoms with van der Waals surface area (Å²) in [5, 5.41) is 0. The zero-order valence-corrected chi connectivity index (χ0v) is 8.53. The summed E-state index contributed by atoms with van der Waals surface area (Å²) in [6.45, 7) is 4.34. The highest BCUT2D eigenvalue weighted by Crippen LogP contribution is 2.16. The molecule has 0 aromatic heterocycles. The van der Waals surface area contributed by atoms with Crippen molar-refractivity contribution in [2.24, 2.45) is 0 Å². The smallest absolute Gasteiger partial charge is 0.0257 e. The highest BCUT2D eigenvalue weighted by atomic mass is 79.9. The molecule has 1 radical (unpaired) electrons. The molecule has 0 bridgehead atoms. The van der Waals surface area contributed by atoms with Crippen molar-refractivity contribution in [1.29, 1.82) is 0 Å². The second-order valence-electron chi connectivity index (χ2n) is 2.52.